The van der Waals surface area contributed by atoms with Gasteiger partial charge in [0.25, 0.3) is 0 Å². The van der Waals surface area contributed by atoms with Crippen LogP contribution in [-0.2, 0) is 4.79 Å². The van der Waals surface area contributed by atoms with Crippen molar-refractivity contribution in [2.75, 3.05) is 0 Å². The van der Waals surface area contributed by atoms with Crippen molar-refractivity contribution >= 4 is 23.0 Å². The first kappa shape index (κ1) is 12.2. The summed E-state index contributed by atoms with van der Waals surface area (Å²) in [5, 5.41) is 19.2. The maximum Gasteiger partial charge on any atom is 0.328 e. The van der Waals surface area contributed by atoms with Gasteiger partial charge in [-0.15, -0.1) is 0 Å². The van der Waals surface area contributed by atoms with Crippen molar-refractivity contribution in [2.45, 2.75) is 19.8 Å². The van der Waals surface area contributed by atoms with Crippen molar-refractivity contribution in [1.29, 1.82) is 0 Å². The second kappa shape index (κ2) is 4.56. The number of hydrogen-bond acceptors (Lipinski definition) is 3. The van der Waals surface area contributed by atoms with Crippen LogP contribution in [0.1, 0.15) is 31.1 Å². The summed E-state index contributed by atoms with van der Waals surface area (Å²) >= 11 is 0. The molecule has 4 heteroatoms. The molecule has 0 bridgehead atoms. The van der Waals surface area contributed by atoms with E-state index >= 15 is 0 Å². The van der Waals surface area contributed by atoms with E-state index in [9.17, 15) is 9.90 Å². The van der Waals surface area contributed by atoms with Crippen LogP contribution in [-0.4, -0.2) is 16.2 Å². The minimum Gasteiger partial charge on any atom is -0.507 e. The van der Waals surface area contributed by atoms with E-state index in [2.05, 4.69) is 0 Å². The van der Waals surface area contributed by atoms with Crippen molar-refractivity contribution in [3.8, 4) is 5.75 Å². The van der Waals surface area contributed by atoms with Crippen LogP contribution in [0.2, 0.25) is 0 Å². The monoisotopic (exact) mass is 246 g/mol. The number of rotatable bonds is 3. The molecule has 1 aromatic carbocycles. The lowest BCUT2D eigenvalue weighted by Crippen LogP contribution is -1.85. The summed E-state index contributed by atoms with van der Waals surface area (Å²) in [6.45, 7) is 4.03. The van der Waals surface area contributed by atoms with Gasteiger partial charge in [0.1, 0.15) is 17.1 Å². The van der Waals surface area contributed by atoms with E-state index in [4.69, 9.17) is 9.52 Å². The minimum absolute atomic E-state index is 0.00431. The molecule has 0 aliphatic heterocycles. The van der Waals surface area contributed by atoms with Crippen molar-refractivity contribution in [3.05, 3.63) is 35.6 Å². The van der Waals surface area contributed by atoms with Crippen LogP contribution in [0.3, 0.4) is 0 Å². The third-order valence-corrected chi connectivity index (χ3v) is 2.66. The molecule has 2 N–H and O–H groups in total. The summed E-state index contributed by atoms with van der Waals surface area (Å²) in [6, 6.07) is 5.11. The number of phenols is 1. The summed E-state index contributed by atoms with van der Waals surface area (Å²) in [6.07, 6.45) is 2.35. The number of hydrogen-bond donors (Lipinski definition) is 2. The summed E-state index contributed by atoms with van der Waals surface area (Å²) < 4.78 is 5.59. The van der Waals surface area contributed by atoms with E-state index in [0.717, 1.165) is 17.2 Å². The lowest BCUT2D eigenvalue weighted by atomic mass is 10.1. The average Bonchev–Trinajstić information content (AvgIpc) is 2.68. The van der Waals surface area contributed by atoms with E-state index in [1.807, 2.05) is 19.9 Å². The van der Waals surface area contributed by atoms with Crippen LogP contribution >= 0.6 is 0 Å². The van der Waals surface area contributed by atoms with Gasteiger partial charge in [-0.05, 0) is 18.2 Å². The molecule has 0 unspecified atom stereocenters. The molecule has 0 radical (unpaired) electrons. The van der Waals surface area contributed by atoms with Gasteiger partial charge in [-0.1, -0.05) is 13.8 Å². The van der Waals surface area contributed by atoms with Crippen molar-refractivity contribution in [3.63, 3.8) is 0 Å². The Balaban J connectivity index is 2.50. The Morgan fingerprint density at radius 2 is 2.06 bits per heavy atom. The van der Waals surface area contributed by atoms with Crippen molar-refractivity contribution in [1.82, 2.24) is 0 Å². The van der Waals surface area contributed by atoms with E-state index < -0.39 is 5.97 Å². The number of phenolic OH excluding ortho intramolecular Hbond substituents is 1. The molecular formula is C14H14O4. The highest BCUT2D eigenvalue weighted by molar-refractivity contribution is 5.89. The lowest BCUT2D eigenvalue weighted by molar-refractivity contribution is -0.131. The molecule has 18 heavy (non-hydrogen) atoms. The van der Waals surface area contributed by atoms with Gasteiger partial charge in [0.15, 0.2) is 0 Å². The first-order valence-corrected chi connectivity index (χ1v) is 5.65. The fourth-order valence-corrected chi connectivity index (χ4v) is 1.69. The van der Waals surface area contributed by atoms with Crippen molar-refractivity contribution < 1.29 is 19.4 Å². The normalized spacial score (nSPS) is 11.7. The first-order valence-electron chi connectivity index (χ1n) is 5.65. The number of aromatic hydroxyl groups is 1. The molecule has 0 atom stereocenters. The zero-order chi connectivity index (χ0) is 13.3. The van der Waals surface area contributed by atoms with E-state index in [0.29, 0.717) is 11.1 Å². The van der Waals surface area contributed by atoms with E-state index in [-0.39, 0.29) is 11.7 Å². The molecule has 0 aliphatic rings. The molecule has 0 saturated carbocycles. The molecule has 4 nitrogen and oxygen atoms in total. The van der Waals surface area contributed by atoms with Gasteiger partial charge in [-0.3, -0.25) is 0 Å². The second-order valence-electron chi connectivity index (χ2n) is 4.42. The van der Waals surface area contributed by atoms with Crippen LogP contribution in [0.15, 0.2) is 28.7 Å². The van der Waals surface area contributed by atoms with Crippen LogP contribution in [0.25, 0.3) is 17.0 Å². The highest BCUT2D eigenvalue weighted by atomic mass is 16.4. The highest BCUT2D eigenvalue weighted by Gasteiger charge is 2.10. The van der Waals surface area contributed by atoms with Gasteiger partial charge in [0.2, 0.25) is 0 Å². The van der Waals surface area contributed by atoms with Gasteiger partial charge in [-0.2, -0.15) is 0 Å². The van der Waals surface area contributed by atoms with Gasteiger partial charge >= 0.3 is 5.97 Å². The van der Waals surface area contributed by atoms with Gasteiger partial charge in [0.05, 0.1) is 0 Å². The summed E-state index contributed by atoms with van der Waals surface area (Å²) in [5.74, 6) is 0.0514. The standard InChI is InChI=1S/C14H14O4/c1-8(2)12-6-10-5-9(3-4-14(16)17)11(15)7-13(10)18-12/h3-8,15H,1-2H3,(H,16,17). The molecule has 0 fully saturated rings. The molecule has 1 aromatic heterocycles. The van der Waals surface area contributed by atoms with Crippen LogP contribution in [0, 0.1) is 0 Å². The van der Waals surface area contributed by atoms with E-state index in [1.165, 1.54) is 12.1 Å². The zero-order valence-electron chi connectivity index (χ0n) is 10.2. The Morgan fingerprint density at radius 1 is 1.33 bits per heavy atom. The Morgan fingerprint density at radius 3 is 2.67 bits per heavy atom. The number of carboxylic acids is 1. The fraction of sp³-hybridized carbons (Fsp3) is 0.214. The number of fused-ring (bicyclic) bond motifs is 1. The smallest absolute Gasteiger partial charge is 0.328 e. The Labute approximate surface area is 104 Å². The number of aliphatic carboxylic acids is 1. The molecule has 2 aromatic rings. The molecule has 0 spiro atoms. The van der Waals surface area contributed by atoms with Crippen LogP contribution in [0.4, 0.5) is 0 Å². The summed E-state index contributed by atoms with van der Waals surface area (Å²) in [7, 11) is 0. The predicted octanol–water partition coefficient (Wildman–Crippen LogP) is 3.36. The SMILES string of the molecule is CC(C)c1cc2cc(C=CC(=O)O)c(O)cc2o1. The topological polar surface area (TPSA) is 70.7 Å². The van der Waals surface area contributed by atoms with Crippen LogP contribution in [0.5, 0.6) is 5.75 Å². The average molecular weight is 246 g/mol. The quantitative estimate of drug-likeness (QED) is 0.814. The minimum atomic E-state index is -1.05. The second-order valence-corrected chi connectivity index (χ2v) is 4.42. The number of furan rings is 1. The molecule has 0 amide bonds. The fourth-order valence-electron chi connectivity index (χ4n) is 1.69. The summed E-state index contributed by atoms with van der Waals surface area (Å²) in [5.41, 5.74) is 1.06. The number of carboxylic acid groups (broad SMARTS) is 1. The molecule has 0 saturated heterocycles. The number of benzene rings is 1. The van der Waals surface area contributed by atoms with Crippen LogP contribution < -0.4 is 0 Å². The highest BCUT2D eigenvalue weighted by Crippen LogP contribution is 2.30. The number of carbonyl (C=O) groups is 1. The predicted molar refractivity (Wildman–Crippen MR) is 68.6 cm³/mol. The van der Waals surface area contributed by atoms with Gasteiger partial charge < -0.3 is 14.6 Å². The summed E-state index contributed by atoms with van der Waals surface area (Å²) in [4.78, 5) is 10.5. The zero-order valence-corrected chi connectivity index (χ0v) is 10.2. The van der Waals surface area contributed by atoms with Gasteiger partial charge in [-0.25, -0.2) is 4.79 Å². The first-order chi connectivity index (χ1) is 8.47. The Bertz CT molecular complexity index is 620. The van der Waals surface area contributed by atoms with E-state index in [1.54, 1.807) is 6.07 Å². The van der Waals surface area contributed by atoms with Crippen molar-refractivity contribution in [2.24, 2.45) is 0 Å². The Hall–Kier alpha value is -2.23. The Kier molecular flexibility index (Phi) is 3.10. The molecular weight excluding hydrogens is 232 g/mol. The molecule has 0 aliphatic carbocycles. The lowest BCUT2D eigenvalue weighted by Gasteiger charge is -1.98. The molecule has 1 heterocycles. The third-order valence-electron chi connectivity index (χ3n) is 2.66. The largest absolute Gasteiger partial charge is 0.507 e. The maximum atomic E-state index is 10.5. The third kappa shape index (κ3) is 2.37. The maximum absolute atomic E-state index is 10.5. The molecule has 94 valence electrons. The molecule has 2 rings (SSSR count). The van der Waals surface area contributed by atoms with Gasteiger partial charge in [0, 0.05) is 29.0 Å².